The maximum atomic E-state index is 10.8. The van der Waals surface area contributed by atoms with Gasteiger partial charge in [0.15, 0.2) is 0 Å². The summed E-state index contributed by atoms with van der Waals surface area (Å²) in [6, 6.07) is 1.89. The maximum absolute atomic E-state index is 10.8. The molecule has 66 valence electrons. The van der Waals surface area contributed by atoms with E-state index >= 15 is 0 Å². The molecular formula is C8H12N2O2. The lowest BCUT2D eigenvalue weighted by Gasteiger charge is -2.14. The second kappa shape index (κ2) is 3.80. The number of hydrogen-bond donors (Lipinski definition) is 1. The molecule has 0 amide bonds. The number of aromatic amines is 1. The van der Waals surface area contributed by atoms with E-state index in [9.17, 15) is 4.79 Å². The van der Waals surface area contributed by atoms with Gasteiger partial charge in [-0.05, 0) is 6.07 Å². The van der Waals surface area contributed by atoms with Gasteiger partial charge in [0.1, 0.15) is 6.54 Å². The van der Waals surface area contributed by atoms with Crippen molar-refractivity contribution >= 4 is 11.7 Å². The zero-order valence-electron chi connectivity index (χ0n) is 7.20. The van der Waals surface area contributed by atoms with Crippen LogP contribution >= 0.6 is 0 Å². The first-order chi connectivity index (χ1) is 5.74. The minimum atomic E-state index is -0.237. The van der Waals surface area contributed by atoms with Crippen LogP contribution in [-0.4, -0.2) is 31.7 Å². The van der Waals surface area contributed by atoms with Crippen LogP contribution in [0.3, 0.4) is 0 Å². The number of rotatable bonds is 3. The number of carbonyl (C=O) groups is 1. The third-order valence-electron chi connectivity index (χ3n) is 1.62. The van der Waals surface area contributed by atoms with Crippen molar-refractivity contribution in [3.05, 3.63) is 18.5 Å². The minimum absolute atomic E-state index is 0.237. The number of anilines is 1. The number of carbonyl (C=O) groups excluding carboxylic acids is 1. The lowest BCUT2D eigenvalue weighted by molar-refractivity contribution is -0.138. The van der Waals surface area contributed by atoms with Crippen molar-refractivity contribution in [1.29, 1.82) is 0 Å². The summed E-state index contributed by atoms with van der Waals surface area (Å²) in [6.07, 6.45) is 3.63. The Hall–Kier alpha value is -1.45. The molecule has 12 heavy (non-hydrogen) atoms. The van der Waals surface area contributed by atoms with Crippen LogP contribution in [0.5, 0.6) is 0 Å². The molecule has 0 spiro atoms. The number of hydrogen-bond acceptors (Lipinski definition) is 3. The minimum Gasteiger partial charge on any atom is -0.468 e. The lowest BCUT2D eigenvalue weighted by Crippen LogP contribution is -2.25. The molecule has 0 saturated heterocycles. The van der Waals surface area contributed by atoms with Gasteiger partial charge in [-0.2, -0.15) is 0 Å². The molecule has 0 radical (unpaired) electrons. The first-order valence-electron chi connectivity index (χ1n) is 3.65. The van der Waals surface area contributed by atoms with Crippen LogP contribution < -0.4 is 4.90 Å². The number of likely N-dealkylation sites (N-methyl/N-ethyl adjacent to an activating group) is 1. The van der Waals surface area contributed by atoms with Gasteiger partial charge in [0, 0.05) is 19.4 Å². The van der Waals surface area contributed by atoms with E-state index in [4.69, 9.17) is 0 Å². The van der Waals surface area contributed by atoms with Gasteiger partial charge in [-0.25, -0.2) is 0 Å². The van der Waals surface area contributed by atoms with E-state index in [0.29, 0.717) is 0 Å². The fourth-order valence-electron chi connectivity index (χ4n) is 0.902. The number of nitrogens with one attached hydrogen (secondary N) is 1. The van der Waals surface area contributed by atoms with Crippen molar-refractivity contribution in [2.24, 2.45) is 0 Å². The zero-order chi connectivity index (χ0) is 8.97. The Morgan fingerprint density at radius 2 is 2.50 bits per heavy atom. The molecule has 4 nitrogen and oxygen atoms in total. The quantitative estimate of drug-likeness (QED) is 0.673. The molecule has 1 N–H and O–H groups in total. The van der Waals surface area contributed by atoms with Crippen LogP contribution in [-0.2, 0) is 9.53 Å². The fraction of sp³-hybridized carbons (Fsp3) is 0.375. The highest BCUT2D eigenvalue weighted by atomic mass is 16.5. The summed E-state index contributed by atoms with van der Waals surface area (Å²) < 4.78 is 4.53. The van der Waals surface area contributed by atoms with Crippen LogP contribution in [0.1, 0.15) is 0 Å². The van der Waals surface area contributed by atoms with Gasteiger partial charge >= 0.3 is 5.97 Å². The molecule has 0 atom stereocenters. The highest BCUT2D eigenvalue weighted by molar-refractivity contribution is 5.75. The summed E-state index contributed by atoms with van der Waals surface area (Å²) in [5.41, 5.74) is 0.973. The number of ether oxygens (including phenoxy) is 1. The molecule has 0 unspecified atom stereocenters. The van der Waals surface area contributed by atoms with Crippen molar-refractivity contribution in [1.82, 2.24) is 4.98 Å². The summed E-state index contributed by atoms with van der Waals surface area (Å²) in [6.45, 7) is 0.272. The molecular weight excluding hydrogens is 156 g/mol. The Morgan fingerprint density at radius 1 is 1.75 bits per heavy atom. The summed E-state index contributed by atoms with van der Waals surface area (Å²) in [5, 5.41) is 0. The molecule has 1 rings (SSSR count). The monoisotopic (exact) mass is 168 g/mol. The van der Waals surface area contributed by atoms with Gasteiger partial charge in [-0.1, -0.05) is 0 Å². The van der Waals surface area contributed by atoms with Gasteiger partial charge < -0.3 is 14.6 Å². The molecule has 0 aliphatic carbocycles. The van der Waals surface area contributed by atoms with Crippen LogP contribution in [0.25, 0.3) is 0 Å². The molecule has 1 aromatic rings. The van der Waals surface area contributed by atoms with Gasteiger partial charge in [0.05, 0.1) is 12.8 Å². The Bertz CT molecular complexity index is 244. The van der Waals surface area contributed by atoms with Gasteiger partial charge in [0.25, 0.3) is 0 Å². The van der Waals surface area contributed by atoms with Crippen LogP contribution in [0.4, 0.5) is 5.69 Å². The van der Waals surface area contributed by atoms with E-state index < -0.39 is 0 Å². The van der Waals surface area contributed by atoms with E-state index in [1.807, 2.05) is 30.4 Å². The van der Waals surface area contributed by atoms with Crippen molar-refractivity contribution in [2.45, 2.75) is 0 Å². The average molecular weight is 168 g/mol. The number of methoxy groups -OCH3 is 1. The molecule has 0 aliphatic rings. The smallest absolute Gasteiger partial charge is 0.325 e. The molecule has 0 aliphatic heterocycles. The Morgan fingerprint density at radius 3 is 3.00 bits per heavy atom. The third-order valence-corrected chi connectivity index (χ3v) is 1.62. The number of esters is 1. The van der Waals surface area contributed by atoms with E-state index in [1.165, 1.54) is 7.11 Å². The lowest BCUT2D eigenvalue weighted by atomic mass is 10.4. The van der Waals surface area contributed by atoms with E-state index in [0.717, 1.165) is 5.69 Å². The molecule has 0 aromatic carbocycles. The molecule has 0 fully saturated rings. The summed E-state index contributed by atoms with van der Waals surface area (Å²) in [4.78, 5) is 15.6. The molecule has 0 saturated carbocycles. The van der Waals surface area contributed by atoms with Crippen LogP contribution in [0.2, 0.25) is 0 Å². The van der Waals surface area contributed by atoms with E-state index in [2.05, 4.69) is 9.72 Å². The Labute approximate surface area is 71.1 Å². The summed E-state index contributed by atoms with van der Waals surface area (Å²) >= 11 is 0. The molecule has 0 bridgehead atoms. The second-order valence-electron chi connectivity index (χ2n) is 2.50. The maximum Gasteiger partial charge on any atom is 0.325 e. The van der Waals surface area contributed by atoms with E-state index in [-0.39, 0.29) is 12.5 Å². The highest BCUT2D eigenvalue weighted by Gasteiger charge is 2.06. The summed E-state index contributed by atoms with van der Waals surface area (Å²) in [7, 11) is 3.22. The fourth-order valence-corrected chi connectivity index (χ4v) is 0.902. The average Bonchev–Trinajstić information content (AvgIpc) is 2.56. The van der Waals surface area contributed by atoms with Crippen LogP contribution in [0.15, 0.2) is 18.5 Å². The van der Waals surface area contributed by atoms with Gasteiger partial charge in [-0.3, -0.25) is 4.79 Å². The van der Waals surface area contributed by atoms with Crippen molar-refractivity contribution in [3.63, 3.8) is 0 Å². The third kappa shape index (κ3) is 2.02. The topological polar surface area (TPSA) is 45.3 Å². The zero-order valence-corrected chi connectivity index (χ0v) is 7.20. The molecule has 1 heterocycles. The Balaban J connectivity index is 2.49. The number of H-pyrrole nitrogens is 1. The largest absolute Gasteiger partial charge is 0.468 e. The molecule has 1 aromatic heterocycles. The standard InChI is InChI=1S/C8H12N2O2/c1-10(6-8(11)12-2)7-3-4-9-5-7/h3-5,9H,6H2,1-2H3. The highest BCUT2D eigenvalue weighted by Crippen LogP contribution is 2.08. The Kier molecular flexibility index (Phi) is 2.74. The second-order valence-corrected chi connectivity index (χ2v) is 2.50. The number of aromatic nitrogens is 1. The predicted octanol–water partition coefficient (Wildman–Crippen LogP) is 0.624. The van der Waals surface area contributed by atoms with E-state index in [1.54, 1.807) is 0 Å². The van der Waals surface area contributed by atoms with Gasteiger partial charge in [-0.15, -0.1) is 0 Å². The summed E-state index contributed by atoms with van der Waals surface area (Å²) in [5.74, 6) is -0.237. The first kappa shape index (κ1) is 8.64. The van der Waals surface area contributed by atoms with Crippen molar-refractivity contribution in [3.8, 4) is 0 Å². The van der Waals surface area contributed by atoms with Crippen LogP contribution in [0, 0.1) is 0 Å². The van der Waals surface area contributed by atoms with Crippen molar-refractivity contribution < 1.29 is 9.53 Å². The SMILES string of the molecule is COC(=O)CN(C)c1cc[nH]c1. The first-order valence-corrected chi connectivity index (χ1v) is 3.65. The molecule has 4 heteroatoms. The normalized spacial score (nSPS) is 9.50. The predicted molar refractivity (Wildman–Crippen MR) is 46.1 cm³/mol. The van der Waals surface area contributed by atoms with Gasteiger partial charge in [0.2, 0.25) is 0 Å². The number of nitrogens with zero attached hydrogens (tertiary/aromatic N) is 1. The van der Waals surface area contributed by atoms with Crippen molar-refractivity contribution in [2.75, 3.05) is 25.6 Å².